The van der Waals surface area contributed by atoms with Gasteiger partial charge in [-0.3, -0.25) is 0 Å². The third kappa shape index (κ3) is 2.58. The van der Waals surface area contributed by atoms with Crippen LogP contribution in [-0.4, -0.2) is 28.6 Å². The summed E-state index contributed by atoms with van der Waals surface area (Å²) < 4.78 is 0. The van der Waals surface area contributed by atoms with Crippen molar-refractivity contribution in [1.82, 2.24) is 4.98 Å². The summed E-state index contributed by atoms with van der Waals surface area (Å²) in [5.41, 5.74) is 0.123. The van der Waals surface area contributed by atoms with E-state index in [1.165, 1.54) is 25.1 Å². The topological polar surface area (TPSA) is 53.4 Å². The number of nitrogens with zero attached hydrogens (tertiary/aromatic N) is 2. The normalized spacial score (nSPS) is 20.6. The standard InChI is InChI=1S/C13H17ClN2O2/c1-9-5-3-2-4-8-16(9)12-11(14)10(13(17)18)6-7-15-12/h6-7,9H,2-5,8H2,1H3,(H,17,18). The lowest BCUT2D eigenvalue weighted by molar-refractivity contribution is 0.0697. The smallest absolute Gasteiger partial charge is 0.337 e. The van der Waals surface area contributed by atoms with Crippen molar-refractivity contribution in [3.63, 3.8) is 0 Å². The first-order chi connectivity index (χ1) is 8.61. The van der Waals surface area contributed by atoms with E-state index in [-0.39, 0.29) is 10.6 Å². The second-order valence-electron chi connectivity index (χ2n) is 4.69. The summed E-state index contributed by atoms with van der Waals surface area (Å²) in [5, 5.41) is 9.33. The molecule has 1 saturated heterocycles. The molecule has 0 radical (unpaired) electrons. The lowest BCUT2D eigenvalue weighted by Gasteiger charge is -2.29. The Hall–Kier alpha value is -1.29. The van der Waals surface area contributed by atoms with E-state index in [2.05, 4.69) is 16.8 Å². The minimum absolute atomic E-state index is 0.123. The van der Waals surface area contributed by atoms with Crippen LogP contribution >= 0.6 is 11.6 Å². The molecule has 2 heterocycles. The molecule has 1 unspecified atom stereocenters. The van der Waals surface area contributed by atoms with Crippen LogP contribution in [0, 0.1) is 0 Å². The van der Waals surface area contributed by atoms with E-state index in [1.807, 2.05) is 0 Å². The second-order valence-corrected chi connectivity index (χ2v) is 5.07. The summed E-state index contributed by atoms with van der Waals surface area (Å²) in [6.07, 6.45) is 6.11. The molecule has 0 saturated carbocycles. The average molecular weight is 269 g/mol. The third-order valence-electron chi connectivity index (χ3n) is 3.43. The van der Waals surface area contributed by atoms with Crippen molar-refractivity contribution in [2.45, 2.75) is 38.6 Å². The van der Waals surface area contributed by atoms with Crippen molar-refractivity contribution in [2.24, 2.45) is 0 Å². The largest absolute Gasteiger partial charge is 0.478 e. The molecule has 18 heavy (non-hydrogen) atoms. The summed E-state index contributed by atoms with van der Waals surface area (Å²) >= 11 is 6.17. The van der Waals surface area contributed by atoms with Gasteiger partial charge in [-0.1, -0.05) is 24.4 Å². The van der Waals surface area contributed by atoms with E-state index in [9.17, 15) is 4.79 Å². The lowest BCUT2D eigenvalue weighted by atomic mass is 10.1. The highest BCUT2D eigenvalue weighted by Crippen LogP contribution is 2.30. The van der Waals surface area contributed by atoms with Gasteiger partial charge in [0, 0.05) is 18.8 Å². The quantitative estimate of drug-likeness (QED) is 0.895. The molecule has 1 aromatic rings. The number of anilines is 1. The molecule has 0 amide bonds. The SMILES string of the molecule is CC1CCCCCN1c1nccc(C(=O)O)c1Cl. The number of pyridine rings is 1. The highest BCUT2D eigenvalue weighted by Gasteiger charge is 2.23. The van der Waals surface area contributed by atoms with Gasteiger partial charge < -0.3 is 10.0 Å². The van der Waals surface area contributed by atoms with Gasteiger partial charge in [-0.25, -0.2) is 9.78 Å². The van der Waals surface area contributed by atoms with Crippen LogP contribution < -0.4 is 4.90 Å². The predicted molar refractivity (Wildman–Crippen MR) is 71.5 cm³/mol. The maximum atomic E-state index is 11.1. The molecule has 0 aliphatic carbocycles. The van der Waals surface area contributed by atoms with Crippen LogP contribution in [0.5, 0.6) is 0 Å². The van der Waals surface area contributed by atoms with Gasteiger partial charge in [-0.05, 0) is 25.8 Å². The summed E-state index contributed by atoms with van der Waals surface area (Å²) in [5.74, 6) is -0.405. The van der Waals surface area contributed by atoms with Crippen LogP contribution in [0.15, 0.2) is 12.3 Å². The number of carboxylic acid groups (broad SMARTS) is 1. The van der Waals surface area contributed by atoms with Crippen LogP contribution in [0.2, 0.25) is 5.02 Å². The summed E-state index contributed by atoms with van der Waals surface area (Å²) in [4.78, 5) is 17.5. The lowest BCUT2D eigenvalue weighted by Crippen LogP contribution is -2.33. The molecular weight excluding hydrogens is 252 g/mol. The van der Waals surface area contributed by atoms with Crippen LogP contribution in [-0.2, 0) is 0 Å². The van der Waals surface area contributed by atoms with Gasteiger partial charge in [0.2, 0.25) is 0 Å². The number of rotatable bonds is 2. The van der Waals surface area contributed by atoms with E-state index in [1.54, 1.807) is 0 Å². The van der Waals surface area contributed by atoms with Crippen molar-refractivity contribution in [3.8, 4) is 0 Å². The van der Waals surface area contributed by atoms with E-state index in [0.717, 1.165) is 19.4 Å². The molecule has 1 aliphatic rings. The zero-order chi connectivity index (χ0) is 13.1. The van der Waals surface area contributed by atoms with Gasteiger partial charge in [0.1, 0.15) is 5.82 Å². The number of carbonyl (C=O) groups is 1. The maximum absolute atomic E-state index is 11.1. The average Bonchev–Trinajstić information content (AvgIpc) is 2.54. The Morgan fingerprint density at radius 2 is 2.28 bits per heavy atom. The van der Waals surface area contributed by atoms with Gasteiger partial charge in [0.05, 0.1) is 10.6 Å². The van der Waals surface area contributed by atoms with E-state index in [0.29, 0.717) is 11.9 Å². The van der Waals surface area contributed by atoms with Crippen molar-refractivity contribution >= 4 is 23.4 Å². The van der Waals surface area contributed by atoms with Crippen LogP contribution in [0.4, 0.5) is 5.82 Å². The molecule has 0 bridgehead atoms. The highest BCUT2D eigenvalue weighted by molar-refractivity contribution is 6.35. The number of aromatic carboxylic acids is 1. The minimum Gasteiger partial charge on any atom is -0.478 e. The maximum Gasteiger partial charge on any atom is 0.337 e. The molecule has 98 valence electrons. The highest BCUT2D eigenvalue weighted by atomic mass is 35.5. The van der Waals surface area contributed by atoms with Crippen molar-refractivity contribution in [2.75, 3.05) is 11.4 Å². The monoisotopic (exact) mass is 268 g/mol. The fourth-order valence-electron chi connectivity index (χ4n) is 2.39. The van der Waals surface area contributed by atoms with E-state index in [4.69, 9.17) is 16.7 Å². The number of halogens is 1. The van der Waals surface area contributed by atoms with Gasteiger partial charge in [-0.2, -0.15) is 0 Å². The molecule has 4 nitrogen and oxygen atoms in total. The van der Waals surface area contributed by atoms with Gasteiger partial charge in [0.15, 0.2) is 0 Å². The molecule has 5 heteroatoms. The number of aromatic nitrogens is 1. The van der Waals surface area contributed by atoms with E-state index < -0.39 is 5.97 Å². The molecule has 1 N–H and O–H groups in total. The van der Waals surface area contributed by atoms with Crippen molar-refractivity contribution in [3.05, 3.63) is 22.8 Å². The van der Waals surface area contributed by atoms with E-state index >= 15 is 0 Å². The molecule has 1 aliphatic heterocycles. The summed E-state index contributed by atoms with van der Waals surface area (Å²) in [6, 6.07) is 1.79. The molecule has 0 spiro atoms. The Morgan fingerprint density at radius 1 is 1.50 bits per heavy atom. The van der Waals surface area contributed by atoms with Gasteiger partial charge in [-0.15, -0.1) is 0 Å². The molecule has 1 aromatic heterocycles. The Bertz CT molecular complexity index is 451. The molecular formula is C13H17ClN2O2. The fraction of sp³-hybridized carbons (Fsp3) is 0.538. The van der Waals surface area contributed by atoms with Crippen LogP contribution in [0.25, 0.3) is 0 Å². The Morgan fingerprint density at radius 3 is 3.00 bits per heavy atom. The fourth-order valence-corrected chi connectivity index (χ4v) is 2.69. The zero-order valence-electron chi connectivity index (χ0n) is 10.4. The minimum atomic E-state index is -1.01. The van der Waals surface area contributed by atoms with Gasteiger partial charge >= 0.3 is 5.97 Å². The number of carboxylic acids is 1. The Labute approximate surface area is 112 Å². The number of hydrogen-bond donors (Lipinski definition) is 1. The van der Waals surface area contributed by atoms with Crippen molar-refractivity contribution in [1.29, 1.82) is 0 Å². The summed E-state index contributed by atoms with van der Waals surface area (Å²) in [6.45, 7) is 3.02. The van der Waals surface area contributed by atoms with Crippen LogP contribution in [0.1, 0.15) is 43.0 Å². The molecule has 0 aromatic carbocycles. The first-order valence-corrected chi connectivity index (χ1v) is 6.63. The second kappa shape index (κ2) is 5.57. The van der Waals surface area contributed by atoms with Crippen molar-refractivity contribution < 1.29 is 9.90 Å². The Kier molecular flexibility index (Phi) is 4.07. The van der Waals surface area contributed by atoms with Crippen LogP contribution in [0.3, 0.4) is 0 Å². The molecule has 2 rings (SSSR count). The Balaban J connectivity index is 2.37. The predicted octanol–water partition coefficient (Wildman–Crippen LogP) is 3.20. The third-order valence-corrected chi connectivity index (χ3v) is 3.80. The zero-order valence-corrected chi connectivity index (χ0v) is 11.2. The summed E-state index contributed by atoms with van der Waals surface area (Å²) in [7, 11) is 0. The first kappa shape index (κ1) is 13.1. The number of hydrogen-bond acceptors (Lipinski definition) is 3. The van der Waals surface area contributed by atoms with Gasteiger partial charge in [0.25, 0.3) is 0 Å². The first-order valence-electron chi connectivity index (χ1n) is 6.25. The molecule has 1 fully saturated rings. The molecule has 1 atom stereocenters.